The van der Waals surface area contributed by atoms with E-state index in [1.807, 2.05) is 0 Å². The van der Waals surface area contributed by atoms with Crippen molar-refractivity contribution in [1.82, 2.24) is 9.88 Å². The number of H-pyrrole nitrogens is 1. The van der Waals surface area contributed by atoms with E-state index in [-0.39, 0.29) is 11.3 Å². The maximum Gasteiger partial charge on any atom is 0.418 e. The number of halogens is 3. The van der Waals surface area contributed by atoms with E-state index in [0.717, 1.165) is 17.0 Å². The third-order valence-electron chi connectivity index (χ3n) is 3.43. The Hall–Kier alpha value is -3.30. The van der Waals surface area contributed by atoms with Gasteiger partial charge in [-0.05, 0) is 18.2 Å². The van der Waals surface area contributed by atoms with E-state index in [1.165, 1.54) is 31.4 Å². The van der Waals surface area contributed by atoms with Gasteiger partial charge in [-0.15, -0.1) is 0 Å². The first-order valence-corrected chi connectivity index (χ1v) is 7.29. The molecular formula is C16H15F3N4O3. The summed E-state index contributed by atoms with van der Waals surface area (Å²) in [5, 5.41) is 2.14. The molecule has 0 fully saturated rings. The van der Waals surface area contributed by atoms with Crippen LogP contribution in [0.5, 0.6) is 0 Å². The maximum atomic E-state index is 12.9. The molecule has 4 N–H and O–H groups in total. The number of carbonyl (C=O) groups is 3. The number of amides is 3. The number of para-hydroxylation sites is 1. The van der Waals surface area contributed by atoms with Crippen molar-refractivity contribution in [2.75, 3.05) is 18.9 Å². The van der Waals surface area contributed by atoms with Gasteiger partial charge in [0.1, 0.15) is 5.69 Å². The molecule has 0 aliphatic rings. The Labute approximate surface area is 146 Å². The Morgan fingerprint density at radius 1 is 1.23 bits per heavy atom. The van der Waals surface area contributed by atoms with Crippen LogP contribution in [0.25, 0.3) is 0 Å². The van der Waals surface area contributed by atoms with Crippen molar-refractivity contribution in [3.8, 4) is 0 Å². The van der Waals surface area contributed by atoms with Crippen LogP contribution in [0.3, 0.4) is 0 Å². The Balaban J connectivity index is 2.05. The van der Waals surface area contributed by atoms with Gasteiger partial charge in [-0.1, -0.05) is 12.1 Å². The topological polar surface area (TPSA) is 108 Å². The molecule has 0 radical (unpaired) electrons. The smallest absolute Gasteiger partial charge is 0.364 e. The molecule has 0 saturated carbocycles. The third-order valence-corrected chi connectivity index (χ3v) is 3.43. The molecule has 3 amide bonds. The number of nitrogens with two attached hydrogens (primary N) is 1. The van der Waals surface area contributed by atoms with Crippen LogP contribution in [0.4, 0.5) is 18.9 Å². The van der Waals surface area contributed by atoms with Crippen LogP contribution in [-0.4, -0.2) is 41.2 Å². The van der Waals surface area contributed by atoms with Gasteiger partial charge in [-0.3, -0.25) is 14.4 Å². The van der Waals surface area contributed by atoms with Crippen LogP contribution < -0.4 is 11.1 Å². The Bertz CT molecular complexity index is 845. The van der Waals surface area contributed by atoms with Crippen LogP contribution in [0, 0.1) is 0 Å². The first kappa shape index (κ1) is 19.0. The van der Waals surface area contributed by atoms with Crippen LogP contribution >= 0.6 is 0 Å². The molecule has 1 aromatic carbocycles. The second-order valence-corrected chi connectivity index (χ2v) is 5.42. The zero-order valence-corrected chi connectivity index (χ0v) is 13.6. The molecule has 0 aliphatic carbocycles. The fourth-order valence-electron chi connectivity index (χ4n) is 2.20. The van der Waals surface area contributed by atoms with Crippen molar-refractivity contribution < 1.29 is 27.6 Å². The summed E-state index contributed by atoms with van der Waals surface area (Å²) in [6.45, 7) is -0.484. The number of hydrogen-bond donors (Lipinski definition) is 3. The van der Waals surface area contributed by atoms with Gasteiger partial charge in [0.25, 0.3) is 11.8 Å². The highest BCUT2D eigenvalue weighted by Crippen LogP contribution is 2.34. The lowest BCUT2D eigenvalue weighted by molar-refractivity contribution is -0.137. The zero-order chi connectivity index (χ0) is 19.5. The van der Waals surface area contributed by atoms with Crippen LogP contribution in [-0.2, 0) is 11.0 Å². The number of carbonyl (C=O) groups excluding carboxylic acids is 3. The summed E-state index contributed by atoms with van der Waals surface area (Å²) in [7, 11) is 1.30. The van der Waals surface area contributed by atoms with Gasteiger partial charge in [0.05, 0.1) is 23.4 Å². The van der Waals surface area contributed by atoms with E-state index >= 15 is 0 Å². The van der Waals surface area contributed by atoms with E-state index in [0.29, 0.717) is 0 Å². The number of anilines is 1. The van der Waals surface area contributed by atoms with E-state index in [1.54, 1.807) is 0 Å². The lowest BCUT2D eigenvalue weighted by Gasteiger charge is -2.18. The number of alkyl halides is 3. The van der Waals surface area contributed by atoms with Crippen LogP contribution in [0.2, 0.25) is 0 Å². The molecule has 10 heteroatoms. The molecule has 0 atom stereocenters. The third kappa shape index (κ3) is 4.41. The van der Waals surface area contributed by atoms with E-state index in [9.17, 15) is 27.6 Å². The molecule has 0 bridgehead atoms. The fraction of sp³-hybridized carbons (Fsp3) is 0.188. The number of aromatic nitrogens is 1. The molecule has 2 aromatic rings. The molecule has 0 spiro atoms. The summed E-state index contributed by atoms with van der Waals surface area (Å²) in [6, 6.07) is 5.74. The second-order valence-electron chi connectivity index (χ2n) is 5.42. The Kier molecular flexibility index (Phi) is 5.34. The lowest BCUT2D eigenvalue weighted by atomic mass is 10.1. The number of nitrogens with zero attached hydrogens (tertiary/aromatic N) is 1. The van der Waals surface area contributed by atoms with Gasteiger partial charge in [-0.2, -0.15) is 13.2 Å². The van der Waals surface area contributed by atoms with Gasteiger partial charge in [0.2, 0.25) is 5.91 Å². The monoisotopic (exact) mass is 368 g/mol. The first-order chi connectivity index (χ1) is 12.1. The van der Waals surface area contributed by atoms with Gasteiger partial charge in [0.15, 0.2) is 0 Å². The minimum atomic E-state index is -4.62. The second kappa shape index (κ2) is 7.30. The normalized spacial score (nSPS) is 11.1. The molecule has 0 saturated heterocycles. The molecule has 1 heterocycles. The minimum absolute atomic E-state index is 0.0188. The van der Waals surface area contributed by atoms with Crippen LogP contribution in [0.15, 0.2) is 36.5 Å². The number of likely N-dealkylation sites (N-methyl/N-ethyl adjacent to an activating group) is 1. The van der Waals surface area contributed by atoms with Crippen molar-refractivity contribution >= 4 is 23.4 Å². The van der Waals surface area contributed by atoms with Gasteiger partial charge >= 0.3 is 6.18 Å². The van der Waals surface area contributed by atoms with E-state index < -0.39 is 41.7 Å². The highest BCUT2D eigenvalue weighted by atomic mass is 19.4. The molecule has 26 heavy (non-hydrogen) atoms. The van der Waals surface area contributed by atoms with E-state index in [2.05, 4.69) is 10.3 Å². The SMILES string of the molecule is CN(CC(=O)Nc1ccccc1C(F)(F)F)C(=O)c1c[nH]c(C(N)=O)c1. The number of aromatic amines is 1. The van der Waals surface area contributed by atoms with Crippen molar-refractivity contribution in [1.29, 1.82) is 0 Å². The van der Waals surface area contributed by atoms with Crippen LogP contribution in [0.1, 0.15) is 26.4 Å². The molecule has 7 nitrogen and oxygen atoms in total. The number of nitrogens with one attached hydrogen (secondary N) is 2. The van der Waals surface area contributed by atoms with Crippen molar-refractivity contribution in [3.05, 3.63) is 53.3 Å². The summed E-state index contributed by atoms with van der Waals surface area (Å²) in [5.74, 6) is -2.16. The Morgan fingerprint density at radius 3 is 2.46 bits per heavy atom. The van der Waals surface area contributed by atoms with Gasteiger partial charge < -0.3 is 20.9 Å². The molecule has 0 unspecified atom stereocenters. The van der Waals surface area contributed by atoms with Crippen molar-refractivity contribution in [2.45, 2.75) is 6.18 Å². The number of primary amides is 1. The standard InChI is InChI=1S/C16H15F3N4O3/c1-23(15(26)9-6-12(14(20)25)21-7-9)8-13(24)22-11-5-3-2-4-10(11)16(17,18)19/h2-7,21H,8H2,1H3,(H2,20,25)(H,22,24). The highest BCUT2D eigenvalue weighted by molar-refractivity contribution is 6.01. The van der Waals surface area contributed by atoms with Gasteiger partial charge in [0, 0.05) is 13.2 Å². The van der Waals surface area contributed by atoms with E-state index in [4.69, 9.17) is 5.73 Å². The average Bonchev–Trinajstić information content (AvgIpc) is 3.03. The first-order valence-electron chi connectivity index (χ1n) is 7.29. The zero-order valence-electron chi connectivity index (χ0n) is 13.6. The highest BCUT2D eigenvalue weighted by Gasteiger charge is 2.33. The molecule has 1 aromatic heterocycles. The number of benzene rings is 1. The molecule has 0 aliphatic heterocycles. The number of rotatable bonds is 5. The lowest BCUT2D eigenvalue weighted by Crippen LogP contribution is -2.35. The summed E-state index contributed by atoms with van der Waals surface area (Å²) < 4.78 is 38.8. The summed E-state index contributed by atoms with van der Waals surface area (Å²) >= 11 is 0. The summed E-state index contributed by atoms with van der Waals surface area (Å²) in [4.78, 5) is 38.7. The predicted molar refractivity (Wildman–Crippen MR) is 86.3 cm³/mol. The number of hydrogen-bond acceptors (Lipinski definition) is 3. The predicted octanol–water partition coefficient (Wildman–Crippen LogP) is 1.84. The summed E-state index contributed by atoms with van der Waals surface area (Å²) in [6.07, 6.45) is -3.38. The van der Waals surface area contributed by atoms with Crippen molar-refractivity contribution in [2.24, 2.45) is 5.73 Å². The largest absolute Gasteiger partial charge is 0.418 e. The minimum Gasteiger partial charge on any atom is -0.364 e. The van der Waals surface area contributed by atoms with Crippen molar-refractivity contribution in [3.63, 3.8) is 0 Å². The fourth-order valence-corrected chi connectivity index (χ4v) is 2.20. The maximum absolute atomic E-state index is 12.9. The molecule has 2 rings (SSSR count). The summed E-state index contributed by atoms with van der Waals surface area (Å²) in [5.41, 5.74) is 3.79. The van der Waals surface area contributed by atoms with Gasteiger partial charge in [-0.25, -0.2) is 0 Å². The molecular weight excluding hydrogens is 353 g/mol. The molecule has 138 valence electrons. The Morgan fingerprint density at radius 2 is 1.88 bits per heavy atom. The quantitative estimate of drug-likeness (QED) is 0.749. The average molecular weight is 368 g/mol.